The van der Waals surface area contributed by atoms with E-state index in [1.54, 1.807) is 23.7 Å². The van der Waals surface area contributed by atoms with Crippen LogP contribution in [-0.2, 0) is 4.79 Å². The van der Waals surface area contributed by atoms with Gasteiger partial charge in [0.1, 0.15) is 5.71 Å². The number of carbonyl (C=O) groups excluding carboxylic acids is 1. The van der Waals surface area contributed by atoms with E-state index >= 15 is 0 Å². The average molecular weight is 202 g/mol. The number of hydrogen-bond donors (Lipinski definition) is 0. The summed E-state index contributed by atoms with van der Waals surface area (Å²) in [6.07, 6.45) is 1.98. The highest BCUT2D eigenvalue weighted by Gasteiger charge is 2.13. The van der Waals surface area contributed by atoms with Gasteiger partial charge in [-0.2, -0.15) is 11.8 Å². The second kappa shape index (κ2) is 6.95. The van der Waals surface area contributed by atoms with E-state index in [0.717, 1.165) is 6.54 Å². The zero-order chi connectivity index (χ0) is 10.3. The molecule has 0 spiro atoms. The van der Waals surface area contributed by atoms with Crippen molar-refractivity contribution >= 4 is 23.4 Å². The van der Waals surface area contributed by atoms with Crippen molar-refractivity contribution in [3.05, 3.63) is 0 Å². The molecule has 1 amide bonds. The molecule has 0 aliphatic carbocycles. The van der Waals surface area contributed by atoms with Gasteiger partial charge in [0.25, 0.3) is 5.91 Å². The lowest BCUT2D eigenvalue weighted by atomic mass is 10.3. The fourth-order valence-corrected chi connectivity index (χ4v) is 1.35. The van der Waals surface area contributed by atoms with Gasteiger partial charge in [-0.15, -0.1) is 0 Å². The maximum Gasteiger partial charge on any atom is 0.268 e. The van der Waals surface area contributed by atoms with Gasteiger partial charge in [0.2, 0.25) is 0 Å². The van der Waals surface area contributed by atoms with E-state index in [2.05, 4.69) is 4.99 Å². The summed E-state index contributed by atoms with van der Waals surface area (Å²) in [7, 11) is 1.80. The van der Waals surface area contributed by atoms with E-state index in [9.17, 15) is 4.79 Å². The van der Waals surface area contributed by atoms with E-state index in [4.69, 9.17) is 0 Å². The Balaban J connectivity index is 4.37. The number of amides is 1. The van der Waals surface area contributed by atoms with Crippen molar-refractivity contribution in [2.24, 2.45) is 4.99 Å². The molecule has 0 fully saturated rings. The molecule has 0 heterocycles. The number of nitrogens with zero attached hydrogens (tertiary/aromatic N) is 2. The lowest BCUT2D eigenvalue weighted by Gasteiger charge is -2.15. The first-order valence-corrected chi connectivity index (χ1v) is 5.84. The highest BCUT2D eigenvalue weighted by Crippen LogP contribution is 1.98. The summed E-state index contributed by atoms with van der Waals surface area (Å²) in [6.45, 7) is 5.31. The summed E-state index contributed by atoms with van der Waals surface area (Å²) >= 11 is 1.63. The second-order valence-corrected chi connectivity index (χ2v) is 3.54. The molecule has 4 heteroatoms. The zero-order valence-electron chi connectivity index (χ0n) is 8.83. The lowest BCUT2D eigenvalue weighted by molar-refractivity contribution is -0.122. The quantitative estimate of drug-likeness (QED) is 0.629. The standard InChI is InChI=1S/C9H18N2OS/c1-5-10-8(7-13-4)9(12)11(3)6-2/h5-7H2,1-4H3. The molecule has 0 aliphatic heterocycles. The molecule has 0 saturated carbocycles. The molecule has 0 unspecified atom stereocenters. The Bertz CT molecular complexity index is 192. The van der Waals surface area contributed by atoms with E-state index in [-0.39, 0.29) is 5.91 Å². The van der Waals surface area contributed by atoms with Crippen molar-refractivity contribution in [3.8, 4) is 0 Å². The first-order valence-electron chi connectivity index (χ1n) is 4.45. The second-order valence-electron chi connectivity index (χ2n) is 2.67. The Kier molecular flexibility index (Phi) is 6.68. The molecule has 0 rings (SSSR count). The van der Waals surface area contributed by atoms with Crippen LogP contribution in [0.25, 0.3) is 0 Å². The van der Waals surface area contributed by atoms with Crippen LogP contribution in [0.3, 0.4) is 0 Å². The molecule has 0 atom stereocenters. The van der Waals surface area contributed by atoms with Crippen LogP contribution in [0.1, 0.15) is 13.8 Å². The third-order valence-corrected chi connectivity index (χ3v) is 2.26. The van der Waals surface area contributed by atoms with Gasteiger partial charge in [-0.25, -0.2) is 0 Å². The molecule has 76 valence electrons. The first-order chi connectivity index (χ1) is 6.17. The molecule has 0 saturated heterocycles. The monoisotopic (exact) mass is 202 g/mol. The molecule has 3 nitrogen and oxygen atoms in total. The maximum absolute atomic E-state index is 11.6. The highest BCUT2D eigenvalue weighted by atomic mass is 32.2. The Morgan fingerprint density at radius 2 is 2.08 bits per heavy atom. The van der Waals surface area contributed by atoms with Crippen LogP contribution >= 0.6 is 11.8 Å². The van der Waals surface area contributed by atoms with Crippen molar-refractivity contribution < 1.29 is 4.79 Å². The minimum absolute atomic E-state index is 0.0544. The molecule has 0 aromatic heterocycles. The van der Waals surface area contributed by atoms with Crippen LogP contribution in [0.2, 0.25) is 0 Å². The van der Waals surface area contributed by atoms with E-state index in [1.165, 1.54) is 0 Å². The molecule has 0 aromatic carbocycles. The number of thioether (sulfide) groups is 1. The van der Waals surface area contributed by atoms with Gasteiger partial charge in [0.05, 0.1) is 0 Å². The predicted octanol–water partition coefficient (Wildman–Crippen LogP) is 1.29. The molecule has 0 N–H and O–H groups in total. The minimum Gasteiger partial charge on any atom is -0.341 e. The summed E-state index contributed by atoms with van der Waals surface area (Å²) in [5.74, 6) is 0.760. The average Bonchev–Trinajstić information content (AvgIpc) is 2.15. The Morgan fingerprint density at radius 3 is 2.46 bits per heavy atom. The minimum atomic E-state index is 0.0544. The van der Waals surface area contributed by atoms with Gasteiger partial charge in [-0.1, -0.05) is 0 Å². The fourth-order valence-electron chi connectivity index (χ4n) is 0.867. The van der Waals surface area contributed by atoms with Crippen molar-refractivity contribution in [1.82, 2.24) is 4.90 Å². The zero-order valence-corrected chi connectivity index (χ0v) is 9.65. The Morgan fingerprint density at radius 1 is 1.46 bits per heavy atom. The molecular weight excluding hydrogens is 184 g/mol. The highest BCUT2D eigenvalue weighted by molar-refractivity contribution is 7.99. The van der Waals surface area contributed by atoms with Gasteiger partial charge in [-0.05, 0) is 20.1 Å². The molecule has 0 aromatic rings. The summed E-state index contributed by atoms with van der Waals surface area (Å²) in [4.78, 5) is 17.5. The topological polar surface area (TPSA) is 32.7 Å². The van der Waals surface area contributed by atoms with Crippen molar-refractivity contribution in [3.63, 3.8) is 0 Å². The Labute approximate surface area is 84.6 Å². The molecule has 0 aliphatic rings. The third kappa shape index (κ3) is 4.31. The predicted molar refractivity (Wildman–Crippen MR) is 59.7 cm³/mol. The van der Waals surface area contributed by atoms with Crippen molar-refractivity contribution in [2.75, 3.05) is 32.1 Å². The molecule has 0 bridgehead atoms. The lowest BCUT2D eigenvalue weighted by Crippen LogP contribution is -2.34. The fraction of sp³-hybridized carbons (Fsp3) is 0.778. The van der Waals surface area contributed by atoms with Crippen LogP contribution in [0.5, 0.6) is 0 Å². The number of rotatable bonds is 5. The number of aliphatic imine (C=N–C) groups is 1. The SMILES string of the molecule is CCN=C(CSC)C(=O)N(C)CC. The van der Waals surface area contributed by atoms with Crippen molar-refractivity contribution in [2.45, 2.75) is 13.8 Å². The normalized spacial score (nSPS) is 11.5. The van der Waals surface area contributed by atoms with Crippen LogP contribution in [0, 0.1) is 0 Å². The van der Waals surface area contributed by atoms with E-state index in [0.29, 0.717) is 18.0 Å². The van der Waals surface area contributed by atoms with Crippen LogP contribution in [0.15, 0.2) is 4.99 Å². The summed E-state index contributed by atoms with van der Waals surface area (Å²) in [5, 5.41) is 0. The summed E-state index contributed by atoms with van der Waals surface area (Å²) in [5.41, 5.74) is 0.680. The number of carbonyl (C=O) groups is 1. The third-order valence-electron chi connectivity index (χ3n) is 1.70. The van der Waals surface area contributed by atoms with E-state index in [1.807, 2.05) is 20.1 Å². The van der Waals surface area contributed by atoms with Crippen molar-refractivity contribution in [1.29, 1.82) is 0 Å². The van der Waals surface area contributed by atoms with Crippen LogP contribution < -0.4 is 0 Å². The smallest absolute Gasteiger partial charge is 0.268 e. The summed E-state index contributed by atoms with van der Waals surface area (Å²) < 4.78 is 0. The first kappa shape index (κ1) is 12.5. The summed E-state index contributed by atoms with van der Waals surface area (Å²) in [6, 6.07) is 0. The number of hydrogen-bond acceptors (Lipinski definition) is 3. The molecule has 0 radical (unpaired) electrons. The molecule has 13 heavy (non-hydrogen) atoms. The van der Waals surface area contributed by atoms with Gasteiger partial charge in [0, 0.05) is 25.9 Å². The molecular formula is C9H18N2OS. The van der Waals surface area contributed by atoms with Gasteiger partial charge >= 0.3 is 0 Å². The van der Waals surface area contributed by atoms with Crippen LogP contribution in [-0.4, -0.2) is 48.7 Å². The van der Waals surface area contributed by atoms with E-state index < -0.39 is 0 Å². The Hall–Kier alpha value is -0.510. The maximum atomic E-state index is 11.6. The largest absolute Gasteiger partial charge is 0.341 e. The van der Waals surface area contributed by atoms with Gasteiger partial charge in [-0.3, -0.25) is 9.79 Å². The van der Waals surface area contributed by atoms with Gasteiger partial charge in [0.15, 0.2) is 0 Å². The van der Waals surface area contributed by atoms with Crippen LogP contribution in [0.4, 0.5) is 0 Å². The van der Waals surface area contributed by atoms with Gasteiger partial charge < -0.3 is 4.90 Å².